The highest BCUT2D eigenvalue weighted by Crippen LogP contribution is 2.26. The summed E-state index contributed by atoms with van der Waals surface area (Å²) in [4.78, 5) is 12.1. The number of carbonyl (C=O) groups excluding carboxylic acids is 1. The molecule has 23 heavy (non-hydrogen) atoms. The fourth-order valence-electron chi connectivity index (χ4n) is 2.38. The van der Waals surface area contributed by atoms with E-state index >= 15 is 0 Å². The molecule has 3 heteroatoms. The first-order chi connectivity index (χ1) is 11.0. The fourth-order valence-corrected chi connectivity index (χ4v) is 2.38. The van der Waals surface area contributed by atoms with Gasteiger partial charge in [-0.1, -0.05) is 47.5 Å². The van der Waals surface area contributed by atoms with Crippen LogP contribution in [-0.2, 0) is 4.79 Å². The van der Waals surface area contributed by atoms with Crippen LogP contribution in [0.1, 0.15) is 35.2 Å². The van der Waals surface area contributed by atoms with Gasteiger partial charge in [-0.3, -0.25) is 4.79 Å². The van der Waals surface area contributed by atoms with Crippen molar-refractivity contribution >= 4 is 12.0 Å². The standard InChI is InChI=1S/C20H23NO2/c1-14-5-8-17(9-6-14)10-12-20(22)21-16(3)18-13-15(2)7-11-19(18)23-4/h5-13,16H,1-4H3,(H,21,22)/b12-10+/t16-/m1/s1. The number of ether oxygens (including phenoxy) is 1. The van der Waals surface area contributed by atoms with E-state index < -0.39 is 0 Å². The highest BCUT2D eigenvalue weighted by Gasteiger charge is 2.13. The molecule has 2 aromatic carbocycles. The lowest BCUT2D eigenvalue weighted by molar-refractivity contribution is -0.117. The molecule has 0 heterocycles. The summed E-state index contributed by atoms with van der Waals surface area (Å²) >= 11 is 0. The molecule has 0 aliphatic rings. The molecule has 3 nitrogen and oxygen atoms in total. The van der Waals surface area contributed by atoms with Crippen molar-refractivity contribution in [3.05, 3.63) is 70.8 Å². The molecule has 0 unspecified atom stereocenters. The molecule has 1 amide bonds. The number of aryl methyl sites for hydroxylation is 2. The highest BCUT2D eigenvalue weighted by molar-refractivity contribution is 5.92. The number of hydrogen-bond donors (Lipinski definition) is 1. The average molecular weight is 309 g/mol. The predicted octanol–water partition coefficient (Wildman–Crippen LogP) is 4.20. The van der Waals surface area contributed by atoms with Gasteiger partial charge in [0.15, 0.2) is 0 Å². The van der Waals surface area contributed by atoms with E-state index in [0.717, 1.165) is 22.4 Å². The number of nitrogens with one attached hydrogen (secondary N) is 1. The number of carbonyl (C=O) groups is 1. The van der Waals surface area contributed by atoms with Crippen molar-refractivity contribution in [3.63, 3.8) is 0 Å². The van der Waals surface area contributed by atoms with Gasteiger partial charge >= 0.3 is 0 Å². The van der Waals surface area contributed by atoms with Crippen LogP contribution in [0.15, 0.2) is 48.5 Å². The number of benzene rings is 2. The van der Waals surface area contributed by atoms with Crippen molar-refractivity contribution in [2.24, 2.45) is 0 Å². The number of rotatable bonds is 5. The van der Waals surface area contributed by atoms with Gasteiger partial charge in [0.1, 0.15) is 5.75 Å². The van der Waals surface area contributed by atoms with E-state index in [-0.39, 0.29) is 11.9 Å². The number of methoxy groups -OCH3 is 1. The zero-order chi connectivity index (χ0) is 16.8. The summed E-state index contributed by atoms with van der Waals surface area (Å²) in [6, 6.07) is 13.9. The summed E-state index contributed by atoms with van der Waals surface area (Å²) in [5, 5.41) is 2.97. The van der Waals surface area contributed by atoms with Crippen LogP contribution in [0.3, 0.4) is 0 Å². The minimum Gasteiger partial charge on any atom is -0.496 e. The second-order valence-electron chi connectivity index (χ2n) is 5.72. The molecular weight excluding hydrogens is 286 g/mol. The van der Waals surface area contributed by atoms with E-state index in [1.54, 1.807) is 13.2 Å². The summed E-state index contributed by atoms with van der Waals surface area (Å²) in [7, 11) is 1.64. The molecule has 2 rings (SSSR count). The average Bonchev–Trinajstić information content (AvgIpc) is 2.54. The minimum absolute atomic E-state index is 0.123. The van der Waals surface area contributed by atoms with Crippen molar-refractivity contribution in [2.45, 2.75) is 26.8 Å². The van der Waals surface area contributed by atoms with Crippen molar-refractivity contribution < 1.29 is 9.53 Å². The van der Waals surface area contributed by atoms with Crippen LogP contribution in [0.4, 0.5) is 0 Å². The van der Waals surface area contributed by atoms with Crippen LogP contribution in [-0.4, -0.2) is 13.0 Å². The van der Waals surface area contributed by atoms with Crippen molar-refractivity contribution in [2.75, 3.05) is 7.11 Å². The smallest absolute Gasteiger partial charge is 0.244 e. The van der Waals surface area contributed by atoms with E-state index in [9.17, 15) is 4.79 Å². The van der Waals surface area contributed by atoms with Crippen LogP contribution in [0.5, 0.6) is 5.75 Å². The Kier molecular flexibility index (Phi) is 5.58. The van der Waals surface area contributed by atoms with Crippen LogP contribution in [0.2, 0.25) is 0 Å². The second-order valence-corrected chi connectivity index (χ2v) is 5.72. The Morgan fingerprint density at radius 3 is 2.39 bits per heavy atom. The Labute approximate surface area is 138 Å². The summed E-state index contributed by atoms with van der Waals surface area (Å²) in [5.74, 6) is 0.660. The molecule has 1 atom stereocenters. The molecule has 0 saturated heterocycles. The number of hydrogen-bond acceptors (Lipinski definition) is 2. The molecule has 0 bridgehead atoms. The molecule has 0 saturated carbocycles. The second kappa shape index (κ2) is 7.63. The summed E-state index contributed by atoms with van der Waals surface area (Å²) < 4.78 is 5.37. The predicted molar refractivity (Wildman–Crippen MR) is 94.5 cm³/mol. The van der Waals surface area contributed by atoms with E-state index in [1.807, 2.05) is 69.3 Å². The molecule has 2 aromatic rings. The highest BCUT2D eigenvalue weighted by atomic mass is 16.5. The van der Waals surface area contributed by atoms with Gasteiger partial charge in [0.25, 0.3) is 0 Å². The summed E-state index contributed by atoms with van der Waals surface area (Å²) in [6.07, 6.45) is 3.37. The first-order valence-electron chi connectivity index (χ1n) is 7.69. The zero-order valence-electron chi connectivity index (χ0n) is 14.1. The van der Waals surface area contributed by atoms with Crippen LogP contribution in [0.25, 0.3) is 6.08 Å². The molecule has 0 fully saturated rings. The lowest BCUT2D eigenvalue weighted by Gasteiger charge is -2.17. The third-order valence-corrected chi connectivity index (χ3v) is 3.71. The largest absolute Gasteiger partial charge is 0.496 e. The van der Waals surface area contributed by atoms with Crippen LogP contribution in [0, 0.1) is 13.8 Å². The topological polar surface area (TPSA) is 38.3 Å². The van der Waals surface area contributed by atoms with Gasteiger partial charge in [0.2, 0.25) is 5.91 Å². The van der Waals surface area contributed by atoms with Gasteiger partial charge in [-0.05, 0) is 38.5 Å². The maximum Gasteiger partial charge on any atom is 0.244 e. The van der Waals surface area contributed by atoms with E-state index in [2.05, 4.69) is 5.32 Å². The third kappa shape index (κ3) is 4.71. The quantitative estimate of drug-likeness (QED) is 0.841. The lowest BCUT2D eigenvalue weighted by atomic mass is 10.0. The molecule has 0 aliphatic heterocycles. The Balaban J connectivity index is 2.05. The van der Waals surface area contributed by atoms with E-state index in [4.69, 9.17) is 4.74 Å². The SMILES string of the molecule is COc1ccc(C)cc1[C@@H](C)NC(=O)/C=C/c1ccc(C)cc1. The Bertz CT molecular complexity index is 702. The summed E-state index contributed by atoms with van der Waals surface area (Å²) in [5.41, 5.74) is 4.32. The van der Waals surface area contributed by atoms with Crippen LogP contribution >= 0.6 is 0 Å². The normalized spacial score (nSPS) is 12.2. The van der Waals surface area contributed by atoms with Crippen molar-refractivity contribution in [3.8, 4) is 5.75 Å². The fraction of sp³-hybridized carbons (Fsp3) is 0.250. The molecule has 120 valence electrons. The first kappa shape index (κ1) is 16.8. The Morgan fingerprint density at radius 2 is 1.74 bits per heavy atom. The maximum absolute atomic E-state index is 12.1. The van der Waals surface area contributed by atoms with Crippen LogP contribution < -0.4 is 10.1 Å². The van der Waals surface area contributed by atoms with Gasteiger partial charge in [0.05, 0.1) is 13.2 Å². The van der Waals surface area contributed by atoms with Gasteiger partial charge in [-0.25, -0.2) is 0 Å². The summed E-state index contributed by atoms with van der Waals surface area (Å²) in [6.45, 7) is 6.01. The van der Waals surface area contributed by atoms with Gasteiger partial charge in [-0.2, -0.15) is 0 Å². The third-order valence-electron chi connectivity index (χ3n) is 3.71. The minimum atomic E-state index is -0.125. The molecule has 0 spiro atoms. The first-order valence-corrected chi connectivity index (χ1v) is 7.69. The van der Waals surface area contributed by atoms with Gasteiger partial charge < -0.3 is 10.1 Å². The molecular formula is C20H23NO2. The molecule has 0 radical (unpaired) electrons. The van der Waals surface area contributed by atoms with Gasteiger partial charge in [-0.15, -0.1) is 0 Å². The monoisotopic (exact) mass is 309 g/mol. The zero-order valence-corrected chi connectivity index (χ0v) is 14.1. The lowest BCUT2D eigenvalue weighted by Crippen LogP contribution is -2.25. The Morgan fingerprint density at radius 1 is 1.09 bits per heavy atom. The van der Waals surface area contributed by atoms with E-state index in [0.29, 0.717) is 0 Å². The molecule has 1 N–H and O–H groups in total. The van der Waals surface area contributed by atoms with E-state index in [1.165, 1.54) is 5.56 Å². The molecule has 0 aromatic heterocycles. The maximum atomic E-state index is 12.1. The molecule has 0 aliphatic carbocycles. The van der Waals surface area contributed by atoms with Crippen molar-refractivity contribution in [1.82, 2.24) is 5.32 Å². The number of amides is 1. The van der Waals surface area contributed by atoms with Gasteiger partial charge in [0, 0.05) is 11.6 Å². The van der Waals surface area contributed by atoms with Crippen molar-refractivity contribution in [1.29, 1.82) is 0 Å². The Hall–Kier alpha value is -2.55.